The van der Waals surface area contributed by atoms with Crippen LogP contribution < -0.4 is 10.1 Å². The molecule has 0 aliphatic rings. The van der Waals surface area contributed by atoms with Gasteiger partial charge in [0.25, 0.3) is 0 Å². The van der Waals surface area contributed by atoms with Crippen LogP contribution in [0.25, 0.3) is 0 Å². The van der Waals surface area contributed by atoms with Crippen molar-refractivity contribution in [3.8, 4) is 5.75 Å². The first-order chi connectivity index (χ1) is 10.6. The van der Waals surface area contributed by atoms with Gasteiger partial charge < -0.3 is 10.1 Å². The second kappa shape index (κ2) is 7.95. The fourth-order valence-corrected chi connectivity index (χ4v) is 2.33. The zero-order valence-corrected chi connectivity index (χ0v) is 13.5. The molecule has 0 radical (unpaired) electrons. The molecule has 1 N–H and O–H groups in total. The van der Waals surface area contributed by atoms with Gasteiger partial charge in [-0.2, -0.15) is 0 Å². The van der Waals surface area contributed by atoms with E-state index >= 15 is 0 Å². The number of rotatable bonds is 7. The number of nitrogens with one attached hydrogen (secondary N) is 1. The molecule has 3 heteroatoms. The van der Waals surface area contributed by atoms with Crippen molar-refractivity contribution >= 4 is 0 Å². The molecule has 0 aliphatic heterocycles. The summed E-state index contributed by atoms with van der Waals surface area (Å²) in [6.45, 7) is 6.68. The Kier molecular flexibility index (Phi) is 5.96. The van der Waals surface area contributed by atoms with Gasteiger partial charge in [0.05, 0.1) is 6.10 Å². The van der Waals surface area contributed by atoms with E-state index in [1.54, 1.807) is 12.1 Å². The minimum Gasteiger partial charge on any atom is -0.488 e. The van der Waals surface area contributed by atoms with Gasteiger partial charge in [0, 0.05) is 6.04 Å². The van der Waals surface area contributed by atoms with Gasteiger partial charge in [-0.3, -0.25) is 0 Å². The lowest BCUT2D eigenvalue weighted by Crippen LogP contribution is -2.21. The maximum atomic E-state index is 14.0. The lowest BCUT2D eigenvalue weighted by Gasteiger charge is -2.16. The number of halogens is 1. The molecule has 0 aliphatic carbocycles. The molecule has 0 saturated carbocycles. The normalized spacial score (nSPS) is 12.4. The third-order valence-electron chi connectivity index (χ3n) is 3.53. The zero-order valence-electron chi connectivity index (χ0n) is 13.5. The van der Waals surface area contributed by atoms with Gasteiger partial charge in [-0.05, 0) is 57.0 Å². The Morgan fingerprint density at radius 3 is 2.41 bits per heavy atom. The Balaban J connectivity index is 1.89. The number of benzene rings is 2. The Morgan fingerprint density at radius 2 is 1.77 bits per heavy atom. The lowest BCUT2D eigenvalue weighted by atomic mass is 10.1. The Morgan fingerprint density at radius 1 is 1.05 bits per heavy atom. The summed E-state index contributed by atoms with van der Waals surface area (Å²) in [6, 6.07) is 15.6. The first-order valence-electron chi connectivity index (χ1n) is 7.79. The molecule has 0 unspecified atom stereocenters. The average molecular weight is 301 g/mol. The van der Waals surface area contributed by atoms with Crippen molar-refractivity contribution in [1.29, 1.82) is 0 Å². The van der Waals surface area contributed by atoms with Crippen molar-refractivity contribution in [2.24, 2.45) is 0 Å². The molecule has 0 heterocycles. The van der Waals surface area contributed by atoms with Crippen LogP contribution in [0.2, 0.25) is 0 Å². The van der Waals surface area contributed by atoms with Gasteiger partial charge in [-0.25, -0.2) is 4.39 Å². The fraction of sp³-hybridized carbons (Fsp3) is 0.368. The number of hydrogen-bond donors (Lipinski definition) is 1. The maximum Gasteiger partial charge on any atom is 0.165 e. The first kappa shape index (κ1) is 16.5. The topological polar surface area (TPSA) is 21.3 Å². The minimum absolute atomic E-state index is 0.0261. The summed E-state index contributed by atoms with van der Waals surface area (Å²) < 4.78 is 19.4. The number of hydrogen-bond acceptors (Lipinski definition) is 2. The van der Waals surface area contributed by atoms with Gasteiger partial charge in [0.15, 0.2) is 11.6 Å². The molecular formula is C19H24FNO. The van der Waals surface area contributed by atoms with E-state index in [0.717, 1.165) is 18.5 Å². The molecule has 0 amide bonds. The molecule has 2 aromatic rings. The molecule has 1 atom stereocenters. The second-order valence-electron chi connectivity index (χ2n) is 5.77. The standard InChI is InChI=1S/C19H24FNO/c1-14(2)22-19-10-9-17(13-18(19)20)15(3)21-12-11-16-7-5-4-6-8-16/h4-10,13-15,21H,11-12H2,1-3H3/t15-/m0/s1. The highest BCUT2D eigenvalue weighted by molar-refractivity contribution is 5.31. The Labute approximate surface area is 132 Å². The molecule has 0 aromatic heterocycles. The molecule has 0 saturated heterocycles. The summed E-state index contributed by atoms with van der Waals surface area (Å²) in [7, 11) is 0. The highest BCUT2D eigenvalue weighted by atomic mass is 19.1. The third kappa shape index (κ3) is 4.85. The number of ether oxygens (including phenoxy) is 1. The molecule has 2 aromatic carbocycles. The zero-order chi connectivity index (χ0) is 15.9. The van der Waals surface area contributed by atoms with Crippen LogP contribution in [0.1, 0.15) is 37.9 Å². The SMILES string of the molecule is CC(C)Oc1ccc([C@H](C)NCCc2ccccc2)cc1F. The molecular weight excluding hydrogens is 277 g/mol. The van der Waals surface area contributed by atoms with Crippen molar-refractivity contribution in [2.45, 2.75) is 39.3 Å². The van der Waals surface area contributed by atoms with Crippen molar-refractivity contribution in [1.82, 2.24) is 5.32 Å². The predicted molar refractivity (Wildman–Crippen MR) is 88.7 cm³/mol. The molecule has 0 fully saturated rings. The van der Waals surface area contributed by atoms with Gasteiger partial charge in [-0.1, -0.05) is 36.4 Å². The van der Waals surface area contributed by atoms with Crippen molar-refractivity contribution in [3.05, 3.63) is 65.5 Å². The van der Waals surface area contributed by atoms with Crippen LogP contribution in [0.3, 0.4) is 0 Å². The maximum absolute atomic E-state index is 14.0. The van der Waals surface area contributed by atoms with Crippen LogP contribution in [0.15, 0.2) is 48.5 Å². The monoisotopic (exact) mass is 301 g/mol. The highest BCUT2D eigenvalue weighted by Gasteiger charge is 2.10. The van der Waals surface area contributed by atoms with E-state index in [1.807, 2.05) is 45.0 Å². The van der Waals surface area contributed by atoms with E-state index in [4.69, 9.17) is 4.74 Å². The van der Waals surface area contributed by atoms with Gasteiger partial charge in [0.2, 0.25) is 0 Å². The van der Waals surface area contributed by atoms with Crippen LogP contribution in [0.4, 0.5) is 4.39 Å². The van der Waals surface area contributed by atoms with E-state index in [9.17, 15) is 4.39 Å². The summed E-state index contributed by atoms with van der Waals surface area (Å²) in [4.78, 5) is 0. The van der Waals surface area contributed by atoms with Crippen LogP contribution in [-0.4, -0.2) is 12.6 Å². The van der Waals surface area contributed by atoms with E-state index in [-0.39, 0.29) is 18.0 Å². The summed E-state index contributed by atoms with van der Waals surface area (Å²) in [6.07, 6.45) is 0.934. The minimum atomic E-state index is -0.303. The van der Waals surface area contributed by atoms with Crippen molar-refractivity contribution in [2.75, 3.05) is 6.54 Å². The van der Waals surface area contributed by atoms with E-state index in [0.29, 0.717) is 5.75 Å². The van der Waals surface area contributed by atoms with Crippen LogP contribution in [0, 0.1) is 5.82 Å². The quantitative estimate of drug-likeness (QED) is 0.812. The van der Waals surface area contributed by atoms with Gasteiger partial charge in [-0.15, -0.1) is 0 Å². The predicted octanol–water partition coefficient (Wildman–Crippen LogP) is 4.51. The van der Waals surface area contributed by atoms with Crippen LogP contribution in [-0.2, 0) is 6.42 Å². The molecule has 22 heavy (non-hydrogen) atoms. The van der Waals surface area contributed by atoms with Crippen molar-refractivity contribution < 1.29 is 9.13 Å². The van der Waals surface area contributed by atoms with E-state index < -0.39 is 0 Å². The molecule has 0 bridgehead atoms. The summed E-state index contributed by atoms with van der Waals surface area (Å²) in [5.74, 6) is 0.0122. The van der Waals surface area contributed by atoms with Crippen molar-refractivity contribution in [3.63, 3.8) is 0 Å². The van der Waals surface area contributed by atoms with Gasteiger partial charge >= 0.3 is 0 Å². The lowest BCUT2D eigenvalue weighted by molar-refractivity contribution is 0.231. The summed E-state index contributed by atoms with van der Waals surface area (Å²) in [5.41, 5.74) is 2.23. The largest absolute Gasteiger partial charge is 0.488 e. The highest BCUT2D eigenvalue weighted by Crippen LogP contribution is 2.23. The molecule has 118 valence electrons. The first-order valence-corrected chi connectivity index (χ1v) is 7.79. The summed E-state index contributed by atoms with van der Waals surface area (Å²) >= 11 is 0. The molecule has 2 nitrogen and oxygen atoms in total. The smallest absolute Gasteiger partial charge is 0.165 e. The Hall–Kier alpha value is -1.87. The molecule has 0 spiro atoms. The Bertz CT molecular complexity index is 583. The van der Waals surface area contributed by atoms with Crippen LogP contribution >= 0.6 is 0 Å². The average Bonchev–Trinajstić information content (AvgIpc) is 2.50. The van der Waals surface area contributed by atoms with Crippen LogP contribution in [0.5, 0.6) is 5.75 Å². The third-order valence-corrected chi connectivity index (χ3v) is 3.53. The van der Waals surface area contributed by atoms with E-state index in [2.05, 4.69) is 17.4 Å². The fourth-order valence-electron chi connectivity index (χ4n) is 2.33. The van der Waals surface area contributed by atoms with E-state index in [1.165, 1.54) is 5.56 Å². The molecule has 2 rings (SSSR count). The summed E-state index contributed by atoms with van der Waals surface area (Å²) in [5, 5.41) is 3.43. The van der Waals surface area contributed by atoms with Gasteiger partial charge in [0.1, 0.15) is 0 Å². The second-order valence-corrected chi connectivity index (χ2v) is 5.77.